The zero-order valence-corrected chi connectivity index (χ0v) is 6.82. The average molecular weight is 197 g/mol. The molecule has 4 nitrogen and oxygen atoms in total. The molecular formula is C6H10F3N3O. The number of amides is 2. The molecular weight excluding hydrogens is 187 g/mol. The number of halogens is 3. The minimum atomic E-state index is -4.64. The number of piperazine rings is 1. The monoisotopic (exact) mass is 197 g/mol. The Morgan fingerprint density at radius 2 is 1.85 bits per heavy atom. The molecule has 0 aromatic rings. The van der Waals surface area contributed by atoms with E-state index >= 15 is 0 Å². The van der Waals surface area contributed by atoms with Gasteiger partial charge in [0.2, 0.25) is 0 Å². The predicted molar refractivity (Wildman–Crippen MR) is 39.0 cm³/mol. The fourth-order valence-electron chi connectivity index (χ4n) is 1.07. The summed E-state index contributed by atoms with van der Waals surface area (Å²) >= 11 is 0. The van der Waals surface area contributed by atoms with Gasteiger partial charge in [0.1, 0.15) is 0 Å². The molecule has 2 amide bonds. The molecule has 0 aromatic carbocycles. The summed E-state index contributed by atoms with van der Waals surface area (Å²) in [7, 11) is 0. The van der Waals surface area contributed by atoms with Crippen molar-refractivity contribution in [1.82, 2.24) is 15.5 Å². The van der Waals surface area contributed by atoms with Gasteiger partial charge in [0.05, 0.1) is 0 Å². The minimum absolute atomic E-state index is 0.307. The second-order valence-electron chi connectivity index (χ2n) is 2.66. The Kier molecular flexibility index (Phi) is 2.97. The van der Waals surface area contributed by atoms with Crippen molar-refractivity contribution < 1.29 is 18.0 Å². The van der Waals surface area contributed by atoms with Crippen molar-refractivity contribution in [1.29, 1.82) is 0 Å². The number of carbonyl (C=O) groups is 1. The van der Waals surface area contributed by atoms with Crippen molar-refractivity contribution >= 4 is 6.03 Å². The quantitative estimate of drug-likeness (QED) is 0.542. The normalized spacial score (nSPS) is 18.5. The highest BCUT2D eigenvalue weighted by Gasteiger charge is 2.32. The highest BCUT2D eigenvalue weighted by atomic mass is 19.4. The summed E-state index contributed by atoms with van der Waals surface area (Å²) in [5.74, 6) is 0. The molecule has 0 aromatic heterocycles. The Balaban J connectivity index is 2.38. The Labute approximate surface area is 73.1 Å². The van der Waals surface area contributed by atoms with Crippen LogP contribution in [0.15, 0.2) is 0 Å². The van der Waals surface area contributed by atoms with Gasteiger partial charge < -0.3 is 10.2 Å². The van der Waals surface area contributed by atoms with Gasteiger partial charge in [-0.3, -0.25) is 0 Å². The second kappa shape index (κ2) is 3.82. The molecule has 13 heavy (non-hydrogen) atoms. The van der Waals surface area contributed by atoms with Crippen molar-refractivity contribution in [3.63, 3.8) is 0 Å². The first-order valence-corrected chi connectivity index (χ1v) is 3.83. The first kappa shape index (κ1) is 10.1. The van der Waals surface area contributed by atoms with Gasteiger partial charge in [-0.25, -0.2) is 10.1 Å². The zero-order chi connectivity index (χ0) is 9.90. The number of nitrogens with zero attached hydrogens (tertiary/aromatic N) is 1. The Morgan fingerprint density at radius 3 is 2.31 bits per heavy atom. The number of hydrogen-bond donors (Lipinski definition) is 2. The van der Waals surface area contributed by atoms with Gasteiger partial charge in [-0.15, -0.1) is 0 Å². The van der Waals surface area contributed by atoms with E-state index in [0.29, 0.717) is 26.2 Å². The maximum Gasteiger partial charge on any atom is 0.485 e. The van der Waals surface area contributed by atoms with Crippen LogP contribution in [-0.2, 0) is 0 Å². The van der Waals surface area contributed by atoms with Crippen LogP contribution in [0.25, 0.3) is 0 Å². The lowest BCUT2D eigenvalue weighted by Gasteiger charge is -2.27. The molecule has 76 valence electrons. The fourth-order valence-corrected chi connectivity index (χ4v) is 1.07. The summed E-state index contributed by atoms with van der Waals surface area (Å²) in [5, 5.41) is 3.88. The Morgan fingerprint density at radius 1 is 1.31 bits per heavy atom. The molecule has 1 heterocycles. The standard InChI is InChI=1S/C6H10F3N3O/c7-6(8,9)11-5(13)12-3-1-10-2-4-12/h10H,1-4H2,(H,11,13). The summed E-state index contributed by atoms with van der Waals surface area (Å²) in [5.41, 5.74) is 0. The Hall–Kier alpha value is -0.980. The number of rotatable bonds is 0. The highest BCUT2D eigenvalue weighted by molar-refractivity contribution is 5.74. The van der Waals surface area contributed by atoms with Crippen LogP contribution in [0.3, 0.4) is 0 Å². The molecule has 1 fully saturated rings. The summed E-state index contributed by atoms with van der Waals surface area (Å²) in [6, 6.07) is -1.08. The number of hydrogen-bond acceptors (Lipinski definition) is 2. The van der Waals surface area contributed by atoms with Crippen molar-refractivity contribution in [3.8, 4) is 0 Å². The molecule has 1 saturated heterocycles. The first-order valence-electron chi connectivity index (χ1n) is 3.83. The first-order chi connectivity index (χ1) is 5.99. The smallest absolute Gasteiger partial charge is 0.322 e. The summed E-state index contributed by atoms with van der Waals surface area (Å²) < 4.78 is 35.1. The van der Waals surface area contributed by atoms with E-state index in [0.717, 1.165) is 10.2 Å². The third-order valence-corrected chi connectivity index (χ3v) is 1.65. The predicted octanol–water partition coefficient (Wildman–Crippen LogP) is 0.121. The molecule has 7 heteroatoms. The van der Waals surface area contributed by atoms with Crippen LogP contribution in [0, 0.1) is 0 Å². The molecule has 0 aliphatic carbocycles. The van der Waals surface area contributed by atoms with E-state index in [4.69, 9.17) is 0 Å². The van der Waals surface area contributed by atoms with Crippen molar-refractivity contribution in [2.45, 2.75) is 6.30 Å². The van der Waals surface area contributed by atoms with E-state index in [2.05, 4.69) is 5.32 Å². The molecule has 0 radical (unpaired) electrons. The van der Waals surface area contributed by atoms with Gasteiger partial charge in [-0.2, -0.15) is 13.2 Å². The van der Waals surface area contributed by atoms with Crippen molar-refractivity contribution in [2.75, 3.05) is 26.2 Å². The number of alkyl halides is 3. The van der Waals surface area contributed by atoms with E-state index in [1.54, 1.807) is 0 Å². The second-order valence-corrected chi connectivity index (χ2v) is 2.66. The summed E-state index contributed by atoms with van der Waals surface area (Å²) in [6.45, 7) is 1.68. The number of urea groups is 1. The number of carbonyl (C=O) groups excluding carboxylic acids is 1. The van der Waals surface area contributed by atoms with E-state index in [1.165, 1.54) is 0 Å². The Bertz CT molecular complexity index is 188. The average Bonchev–Trinajstić information content (AvgIpc) is 2.03. The van der Waals surface area contributed by atoms with E-state index in [-0.39, 0.29) is 0 Å². The van der Waals surface area contributed by atoms with Gasteiger partial charge >= 0.3 is 12.3 Å². The zero-order valence-electron chi connectivity index (χ0n) is 6.82. The molecule has 1 rings (SSSR count). The van der Waals surface area contributed by atoms with Crippen LogP contribution in [0.2, 0.25) is 0 Å². The molecule has 2 N–H and O–H groups in total. The van der Waals surface area contributed by atoms with Gasteiger partial charge in [0, 0.05) is 26.2 Å². The molecule has 0 unspecified atom stereocenters. The lowest BCUT2D eigenvalue weighted by molar-refractivity contribution is -0.147. The van der Waals surface area contributed by atoms with E-state index < -0.39 is 12.3 Å². The van der Waals surface area contributed by atoms with Crippen LogP contribution in [-0.4, -0.2) is 43.4 Å². The number of nitrogens with one attached hydrogen (secondary N) is 2. The lowest BCUT2D eigenvalue weighted by atomic mass is 10.4. The third kappa shape index (κ3) is 3.49. The van der Waals surface area contributed by atoms with E-state index in [1.807, 2.05) is 0 Å². The largest absolute Gasteiger partial charge is 0.485 e. The van der Waals surface area contributed by atoms with Crippen LogP contribution < -0.4 is 10.6 Å². The summed E-state index contributed by atoms with van der Waals surface area (Å²) in [6.07, 6.45) is -4.64. The topological polar surface area (TPSA) is 44.4 Å². The highest BCUT2D eigenvalue weighted by Crippen LogP contribution is 2.10. The molecule has 0 bridgehead atoms. The van der Waals surface area contributed by atoms with Gasteiger partial charge in [-0.05, 0) is 0 Å². The maximum atomic E-state index is 11.7. The summed E-state index contributed by atoms with van der Waals surface area (Å²) in [4.78, 5) is 12.0. The fraction of sp³-hybridized carbons (Fsp3) is 0.833. The van der Waals surface area contributed by atoms with Gasteiger partial charge in [0.25, 0.3) is 0 Å². The molecule has 0 saturated carbocycles. The van der Waals surface area contributed by atoms with E-state index in [9.17, 15) is 18.0 Å². The van der Waals surface area contributed by atoms with Crippen LogP contribution in [0.1, 0.15) is 0 Å². The minimum Gasteiger partial charge on any atom is -0.322 e. The molecule has 1 aliphatic heterocycles. The van der Waals surface area contributed by atoms with Gasteiger partial charge in [0.15, 0.2) is 0 Å². The molecule has 0 atom stereocenters. The maximum absolute atomic E-state index is 11.7. The lowest BCUT2D eigenvalue weighted by Crippen LogP contribution is -2.53. The van der Waals surface area contributed by atoms with Crippen LogP contribution in [0.4, 0.5) is 18.0 Å². The molecule has 1 aliphatic rings. The van der Waals surface area contributed by atoms with Crippen LogP contribution in [0.5, 0.6) is 0 Å². The van der Waals surface area contributed by atoms with Crippen LogP contribution >= 0.6 is 0 Å². The van der Waals surface area contributed by atoms with Crippen molar-refractivity contribution in [3.05, 3.63) is 0 Å². The van der Waals surface area contributed by atoms with Gasteiger partial charge in [-0.1, -0.05) is 0 Å². The SMILES string of the molecule is O=C(NC(F)(F)F)N1CCNCC1. The third-order valence-electron chi connectivity index (χ3n) is 1.65. The molecule has 0 spiro atoms. The van der Waals surface area contributed by atoms with Crippen molar-refractivity contribution in [2.24, 2.45) is 0 Å².